The molecule has 0 aromatic heterocycles. The van der Waals surface area contributed by atoms with Crippen LogP contribution in [0, 0.1) is 0 Å². The summed E-state index contributed by atoms with van der Waals surface area (Å²) in [7, 11) is 0. The molecule has 4 heteroatoms. The smallest absolute Gasteiger partial charge is 0.123 e. The first-order chi connectivity index (χ1) is 11.7. The molecule has 0 saturated heterocycles. The molecule has 0 N–H and O–H groups in total. The van der Waals surface area contributed by atoms with E-state index >= 15 is 0 Å². The molecule has 0 aliphatic rings. The second-order valence-electron chi connectivity index (χ2n) is 5.31. The van der Waals surface area contributed by atoms with Crippen LogP contribution in [0.4, 0.5) is 0 Å². The Labute approximate surface area is 151 Å². The van der Waals surface area contributed by atoms with E-state index in [0.717, 1.165) is 32.7 Å². The Morgan fingerprint density at radius 3 is 1.42 bits per heavy atom. The zero-order chi connectivity index (χ0) is 16.8. The molecule has 0 aliphatic heterocycles. The standard InChI is InChI=1S/C20H16Cl2O2/c21-17-8-4-15(5-9-17)13-23-19-2-1-3-20(12-19)24-14-16-6-10-18(22)11-7-16/h1-12H,13-14H2. The van der Waals surface area contributed by atoms with E-state index in [1.807, 2.05) is 72.8 Å². The predicted molar refractivity (Wildman–Crippen MR) is 98.0 cm³/mol. The van der Waals surface area contributed by atoms with Gasteiger partial charge in [-0.25, -0.2) is 0 Å². The summed E-state index contributed by atoms with van der Waals surface area (Å²) in [6, 6.07) is 22.8. The highest BCUT2D eigenvalue weighted by Crippen LogP contribution is 2.22. The minimum Gasteiger partial charge on any atom is -0.489 e. The molecule has 3 aromatic carbocycles. The van der Waals surface area contributed by atoms with Gasteiger partial charge in [-0.3, -0.25) is 0 Å². The van der Waals surface area contributed by atoms with Crippen LogP contribution in [0.25, 0.3) is 0 Å². The van der Waals surface area contributed by atoms with E-state index < -0.39 is 0 Å². The van der Waals surface area contributed by atoms with Gasteiger partial charge < -0.3 is 9.47 Å². The van der Waals surface area contributed by atoms with Crippen LogP contribution in [-0.2, 0) is 13.2 Å². The minimum atomic E-state index is 0.484. The number of hydrogen-bond donors (Lipinski definition) is 0. The lowest BCUT2D eigenvalue weighted by atomic mass is 10.2. The van der Waals surface area contributed by atoms with E-state index in [0.29, 0.717) is 13.2 Å². The Balaban J connectivity index is 1.57. The molecule has 0 heterocycles. The molecule has 0 fully saturated rings. The van der Waals surface area contributed by atoms with Gasteiger partial charge in [0.15, 0.2) is 0 Å². The number of rotatable bonds is 6. The van der Waals surface area contributed by atoms with Gasteiger partial charge in [0.25, 0.3) is 0 Å². The van der Waals surface area contributed by atoms with Gasteiger partial charge in [0.05, 0.1) is 0 Å². The van der Waals surface area contributed by atoms with Crippen molar-refractivity contribution in [2.75, 3.05) is 0 Å². The highest BCUT2D eigenvalue weighted by molar-refractivity contribution is 6.30. The van der Waals surface area contributed by atoms with Gasteiger partial charge in [0.2, 0.25) is 0 Å². The van der Waals surface area contributed by atoms with Crippen molar-refractivity contribution in [1.29, 1.82) is 0 Å². The fraction of sp³-hybridized carbons (Fsp3) is 0.100. The van der Waals surface area contributed by atoms with Crippen molar-refractivity contribution in [3.05, 3.63) is 94.0 Å². The summed E-state index contributed by atoms with van der Waals surface area (Å²) >= 11 is 11.8. The summed E-state index contributed by atoms with van der Waals surface area (Å²) in [5, 5.41) is 1.44. The molecule has 0 aliphatic carbocycles. The van der Waals surface area contributed by atoms with Crippen molar-refractivity contribution >= 4 is 23.2 Å². The topological polar surface area (TPSA) is 18.5 Å². The molecule has 0 amide bonds. The predicted octanol–water partition coefficient (Wildman–Crippen LogP) is 6.15. The lowest BCUT2D eigenvalue weighted by Crippen LogP contribution is -1.97. The monoisotopic (exact) mass is 358 g/mol. The van der Waals surface area contributed by atoms with E-state index in [4.69, 9.17) is 32.7 Å². The van der Waals surface area contributed by atoms with Gasteiger partial charge in [0.1, 0.15) is 24.7 Å². The first-order valence-corrected chi connectivity index (χ1v) is 8.29. The molecule has 2 nitrogen and oxygen atoms in total. The van der Waals surface area contributed by atoms with E-state index in [2.05, 4.69) is 0 Å². The maximum absolute atomic E-state index is 5.88. The van der Waals surface area contributed by atoms with Crippen molar-refractivity contribution in [2.24, 2.45) is 0 Å². The molecule has 122 valence electrons. The summed E-state index contributed by atoms with van der Waals surface area (Å²) in [5.74, 6) is 1.53. The molecular formula is C20H16Cl2O2. The summed E-state index contributed by atoms with van der Waals surface area (Å²) < 4.78 is 11.6. The third-order valence-electron chi connectivity index (χ3n) is 3.44. The van der Waals surface area contributed by atoms with Crippen LogP contribution in [0.2, 0.25) is 10.0 Å². The van der Waals surface area contributed by atoms with Crippen molar-refractivity contribution < 1.29 is 9.47 Å². The van der Waals surface area contributed by atoms with Gasteiger partial charge in [-0.15, -0.1) is 0 Å². The molecular weight excluding hydrogens is 343 g/mol. The highest BCUT2D eigenvalue weighted by Gasteiger charge is 2.01. The fourth-order valence-electron chi connectivity index (χ4n) is 2.15. The molecule has 0 unspecified atom stereocenters. The number of halogens is 2. The molecule has 0 saturated carbocycles. The molecule has 3 aromatic rings. The fourth-order valence-corrected chi connectivity index (χ4v) is 2.40. The van der Waals surface area contributed by atoms with Crippen LogP contribution in [0.1, 0.15) is 11.1 Å². The first-order valence-electron chi connectivity index (χ1n) is 7.53. The van der Waals surface area contributed by atoms with Gasteiger partial charge in [-0.1, -0.05) is 53.5 Å². The molecule has 24 heavy (non-hydrogen) atoms. The number of hydrogen-bond acceptors (Lipinski definition) is 2. The summed E-state index contributed by atoms with van der Waals surface area (Å²) in [5.41, 5.74) is 2.12. The zero-order valence-corrected chi connectivity index (χ0v) is 14.4. The second-order valence-corrected chi connectivity index (χ2v) is 6.18. The van der Waals surface area contributed by atoms with Crippen LogP contribution >= 0.6 is 23.2 Å². The molecule has 0 radical (unpaired) electrons. The van der Waals surface area contributed by atoms with E-state index in [1.165, 1.54) is 0 Å². The highest BCUT2D eigenvalue weighted by atomic mass is 35.5. The van der Waals surface area contributed by atoms with Crippen molar-refractivity contribution in [3.8, 4) is 11.5 Å². The normalized spacial score (nSPS) is 10.4. The number of ether oxygens (including phenoxy) is 2. The van der Waals surface area contributed by atoms with E-state index in [1.54, 1.807) is 0 Å². The van der Waals surface area contributed by atoms with Gasteiger partial charge in [0, 0.05) is 16.1 Å². The molecule has 0 atom stereocenters. The van der Waals surface area contributed by atoms with Gasteiger partial charge in [-0.2, -0.15) is 0 Å². The molecule has 0 spiro atoms. The zero-order valence-electron chi connectivity index (χ0n) is 12.9. The summed E-state index contributed by atoms with van der Waals surface area (Å²) in [4.78, 5) is 0. The maximum atomic E-state index is 5.88. The summed E-state index contributed by atoms with van der Waals surface area (Å²) in [6.45, 7) is 0.968. The van der Waals surface area contributed by atoms with E-state index in [9.17, 15) is 0 Å². The number of benzene rings is 3. The lowest BCUT2D eigenvalue weighted by molar-refractivity contribution is 0.290. The maximum Gasteiger partial charge on any atom is 0.123 e. The Hall–Kier alpha value is -2.16. The van der Waals surface area contributed by atoms with E-state index in [-0.39, 0.29) is 0 Å². The van der Waals surface area contributed by atoms with Gasteiger partial charge in [-0.05, 0) is 47.5 Å². The van der Waals surface area contributed by atoms with Crippen LogP contribution in [-0.4, -0.2) is 0 Å². The van der Waals surface area contributed by atoms with Crippen LogP contribution in [0.15, 0.2) is 72.8 Å². The Bertz CT molecular complexity index is 719. The quantitative estimate of drug-likeness (QED) is 0.525. The minimum absolute atomic E-state index is 0.484. The molecule has 0 bridgehead atoms. The van der Waals surface area contributed by atoms with Crippen molar-refractivity contribution in [2.45, 2.75) is 13.2 Å². The average Bonchev–Trinajstić information content (AvgIpc) is 2.61. The Morgan fingerprint density at radius 1 is 0.583 bits per heavy atom. The van der Waals surface area contributed by atoms with Crippen LogP contribution < -0.4 is 9.47 Å². The second kappa shape index (κ2) is 8.09. The van der Waals surface area contributed by atoms with Crippen LogP contribution in [0.5, 0.6) is 11.5 Å². The third kappa shape index (κ3) is 4.92. The lowest BCUT2D eigenvalue weighted by Gasteiger charge is -2.10. The van der Waals surface area contributed by atoms with Crippen molar-refractivity contribution in [1.82, 2.24) is 0 Å². The summed E-state index contributed by atoms with van der Waals surface area (Å²) in [6.07, 6.45) is 0. The average molecular weight is 359 g/mol. The first kappa shape index (κ1) is 16.7. The third-order valence-corrected chi connectivity index (χ3v) is 3.95. The molecule has 3 rings (SSSR count). The largest absolute Gasteiger partial charge is 0.489 e. The SMILES string of the molecule is Clc1ccc(COc2cccc(OCc3ccc(Cl)cc3)c2)cc1. The van der Waals surface area contributed by atoms with Crippen molar-refractivity contribution in [3.63, 3.8) is 0 Å². The van der Waals surface area contributed by atoms with Gasteiger partial charge >= 0.3 is 0 Å². The Kier molecular flexibility index (Phi) is 5.63. The van der Waals surface area contributed by atoms with Crippen LogP contribution in [0.3, 0.4) is 0 Å². The Morgan fingerprint density at radius 2 is 1.00 bits per heavy atom.